The number of benzene rings is 6. The van der Waals surface area contributed by atoms with E-state index in [0.29, 0.717) is 12.0 Å². The molecule has 11 rings (SSSR count). The van der Waals surface area contributed by atoms with Crippen molar-refractivity contribution in [2.24, 2.45) is 0 Å². The number of hydrogen-bond donors (Lipinski definition) is 0. The third-order valence-electron chi connectivity index (χ3n) is 14.4. The second-order valence-electron chi connectivity index (χ2n) is 18.6. The molecule has 0 saturated carbocycles. The van der Waals surface area contributed by atoms with E-state index in [0.717, 1.165) is 86.8 Å². The minimum atomic E-state index is -0.266. The summed E-state index contributed by atoms with van der Waals surface area (Å²) in [7, 11) is 0. The number of nitrogens with zero attached hydrogens (tertiary/aromatic N) is 6. The van der Waals surface area contributed by atoms with Crippen molar-refractivity contribution in [3.05, 3.63) is 252 Å². The van der Waals surface area contributed by atoms with Gasteiger partial charge in [0, 0.05) is 89.3 Å². The van der Waals surface area contributed by atoms with Crippen LogP contribution >= 0.6 is 0 Å². The topological polar surface area (TPSA) is 63.9 Å². The van der Waals surface area contributed by atoms with Crippen molar-refractivity contribution in [3.63, 3.8) is 0 Å². The first-order valence-corrected chi connectivity index (χ1v) is 24.1. The van der Waals surface area contributed by atoms with Crippen LogP contribution in [0.3, 0.4) is 0 Å². The molecule has 6 heteroatoms. The van der Waals surface area contributed by atoms with Gasteiger partial charge in [-0.05, 0) is 147 Å². The molecule has 338 valence electrons. The molecule has 2 unspecified atom stereocenters. The Hall–Kier alpha value is -8.84. The number of hydrogen-bond acceptors (Lipinski definition) is 4. The molecule has 6 nitrogen and oxygen atoms in total. The van der Waals surface area contributed by atoms with Gasteiger partial charge in [-0.3, -0.25) is 0 Å². The number of fused-ring (bicyclic) bond motifs is 4. The molecule has 70 heavy (non-hydrogen) atoms. The van der Waals surface area contributed by atoms with Gasteiger partial charge >= 0.3 is 0 Å². The highest BCUT2D eigenvalue weighted by Gasteiger charge is 2.29. The summed E-state index contributed by atoms with van der Waals surface area (Å²) in [4.78, 5) is 4.68. The van der Waals surface area contributed by atoms with Crippen LogP contribution in [0.4, 0.5) is 22.7 Å². The first kappa shape index (κ1) is 43.7. The van der Waals surface area contributed by atoms with Gasteiger partial charge in [0.2, 0.25) is 0 Å². The van der Waals surface area contributed by atoms with Crippen LogP contribution in [0, 0.1) is 29.6 Å². The second kappa shape index (κ2) is 18.3. The Labute approximate surface area is 410 Å². The zero-order valence-electron chi connectivity index (χ0n) is 39.5. The largest absolute Gasteiger partial charge is 0.333 e. The lowest BCUT2D eigenvalue weighted by Gasteiger charge is -2.34. The maximum absolute atomic E-state index is 9.76. The average Bonchev–Trinajstić information content (AvgIpc) is 3.89. The monoisotopic (exact) mass is 904 g/mol. The lowest BCUT2D eigenvalue weighted by Crippen LogP contribution is -2.24. The van der Waals surface area contributed by atoms with Gasteiger partial charge in [0.15, 0.2) is 0 Å². The van der Waals surface area contributed by atoms with Crippen LogP contribution in [0.2, 0.25) is 0 Å². The van der Waals surface area contributed by atoms with Crippen LogP contribution < -0.4 is 9.80 Å². The molecule has 3 aliphatic rings. The number of para-hydroxylation sites is 2. The second-order valence-corrected chi connectivity index (χ2v) is 18.6. The Morgan fingerprint density at radius 2 is 1.40 bits per heavy atom. The van der Waals surface area contributed by atoms with E-state index >= 15 is 0 Å². The van der Waals surface area contributed by atoms with Crippen LogP contribution in [0.25, 0.3) is 44.5 Å². The number of allylic oxidation sites excluding steroid dienone is 13. The predicted molar refractivity (Wildman–Crippen MR) is 291 cm³/mol. The molecule has 8 aromatic rings. The van der Waals surface area contributed by atoms with E-state index in [1.165, 1.54) is 27.4 Å². The predicted octanol–water partition coefficient (Wildman–Crippen LogP) is 16.4. The van der Waals surface area contributed by atoms with E-state index in [4.69, 9.17) is 0 Å². The maximum Gasteiger partial charge on any atom is 0.0991 e. The highest BCUT2D eigenvalue weighted by atomic mass is 15.2. The molecule has 0 saturated heterocycles. The molecule has 2 atom stereocenters. The zero-order valence-corrected chi connectivity index (χ0v) is 39.5. The van der Waals surface area contributed by atoms with E-state index < -0.39 is 0 Å². The summed E-state index contributed by atoms with van der Waals surface area (Å²) in [6, 6.07) is 54.7. The molecular weight excluding hydrogens is 853 g/mol. The van der Waals surface area contributed by atoms with Crippen LogP contribution in [0.1, 0.15) is 61.0 Å². The van der Waals surface area contributed by atoms with Crippen LogP contribution in [-0.4, -0.2) is 9.13 Å². The summed E-state index contributed by atoms with van der Waals surface area (Å²) >= 11 is 0. The molecule has 2 aromatic heterocycles. The third kappa shape index (κ3) is 7.80. The Bertz CT molecular complexity index is 3660. The Morgan fingerprint density at radius 1 is 0.700 bits per heavy atom. The summed E-state index contributed by atoms with van der Waals surface area (Å²) in [5.41, 5.74) is 15.8. The van der Waals surface area contributed by atoms with Crippen molar-refractivity contribution in [1.29, 1.82) is 10.5 Å². The van der Waals surface area contributed by atoms with Crippen molar-refractivity contribution in [2.45, 2.75) is 51.0 Å². The minimum absolute atomic E-state index is 0.253. The maximum atomic E-state index is 9.76. The van der Waals surface area contributed by atoms with Crippen molar-refractivity contribution in [1.82, 2.24) is 9.13 Å². The first-order chi connectivity index (χ1) is 34.4. The molecular formula is C64H52N6. The fourth-order valence-corrected chi connectivity index (χ4v) is 10.7. The van der Waals surface area contributed by atoms with Gasteiger partial charge in [0.05, 0.1) is 29.3 Å². The number of rotatable bonds is 11. The van der Waals surface area contributed by atoms with E-state index in [9.17, 15) is 10.5 Å². The van der Waals surface area contributed by atoms with Gasteiger partial charge in [0.1, 0.15) is 0 Å². The van der Waals surface area contributed by atoms with Gasteiger partial charge in [-0.2, -0.15) is 10.5 Å². The van der Waals surface area contributed by atoms with Crippen LogP contribution in [0.15, 0.2) is 230 Å². The van der Waals surface area contributed by atoms with Crippen LogP contribution in [-0.2, 0) is 5.41 Å². The van der Waals surface area contributed by atoms with Gasteiger partial charge < -0.3 is 18.9 Å². The van der Waals surface area contributed by atoms with Gasteiger partial charge in [-0.15, -0.1) is 0 Å². The standard InChI is InChI=1S/C64H52N6/c1-4-5-18-57-45(2)67(49-14-8-6-9-15-49)62-35-33-55(41-59(57)62)69(52-29-23-47(44-66)24-30-52)54-37-39-64(3,40-38-54)48-25-31-53(32-26-48)68(51-27-21-46(43-65)22-28-51)56-34-36-63-60(42-56)58-19-12-13-20-61(58)70(63)50-16-10-7-11-17-50/h4-16,18-21,23-27,29-39,41-42,50H,1,17,22,28,40H2,2-3H3/b18-5-. The lowest BCUT2D eigenvalue weighted by atomic mass is 9.76. The highest BCUT2D eigenvalue weighted by Crippen LogP contribution is 2.44. The molecule has 6 aromatic carbocycles. The molecule has 0 N–H and O–H groups in total. The Kier molecular flexibility index (Phi) is 11.5. The summed E-state index contributed by atoms with van der Waals surface area (Å²) in [6.45, 7) is 8.45. The fourth-order valence-electron chi connectivity index (χ4n) is 10.7. The summed E-state index contributed by atoms with van der Waals surface area (Å²) in [5, 5.41) is 23.1. The molecule has 0 spiro atoms. The first-order valence-electron chi connectivity index (χ1n) is 24.1. The molecule has 0 amide bonds. The molecule has 0 fully saturated rings. The normalized spacial score (nSPS) is 17.6. The molecule has 0 radical (unpaired) electrons. The smallest absolute Gasteiger partial charge is 0.0991 e. The third-order valence-corrected chi connectivity index (χ3v) is 14.4. The molecule has 3 aliphatic carbocycles. The van der Waals surface area contributed by atoms with Crippen LogP contribution in [0.5, 0.6) is 0 Å². The summed E-state index contributed by atoms with van der Waals surface area (Å²) in [6.07, 6.45) is 29.1. The van der Waals surface area contributed by atoms with E-state index in [1.54, 1.807) is 0 Å². The number of anilines is 4. The van der Waals surface area contributed by atoms with E-state index in [1.807, 2.05) is 48.6 Å². The molecule has 0 bridgehead atoms. The van der Waals surface area contributed by atoms with Gasteiger partial charge in [-0.25, -0.2) is 0 Å². The highest BCUT2D eigenvalue weighted by molar-refractivity contribution is 6.09. The quantitative estimate of drug-likeness (QED) is 0.121. The SMILES string of the molecule is C=C/C=C\c1c(C)n(-c2ccccc2)c2ccc(N(C3=CCC(C)(c4ccc(N(C5=CC=C(C#N)CC5)c5ccc6c(c5)c5ccccc5n6C5C=CC=CC5)cc4)C=C3)c3ccc(C#N)cc3)cc12. The summed E-state index contributed by atoms with van der Waals surface area (Å²) < 4.78 is 4.81. The Balaban J connectivity index is 0.946. The van der Waals surface area contributed by atoms with E-state index in [-0.39, 0.29) is 11.5 Å². The number of nitriles is 2. The van der Waals surface area contributed by atoms with Crippen molar-refractivity contribution >= 4 is 61.5 Å². The van der Waals surface area contributed by atoms with Gasteiger partial charge in [-0.1, -0.05) is 117 Å². The minimum Gasteiger partial charge on any atom is -0.333 e. The Morgan fingerprint density at radius 3 is 2.10 bits per heavy atom. The van der Waals surface area contributed by atoms with Crippen molar-refractivity contribution in [3.8, 4) is 17.8 Å². The molecule has 2 heterocycles. The van der Waals surface area contributed by atoms with Crippen molar-refractivity contribution < 1.29 is 0 Å². The van der Waals surface area contributed by atoms with Gasteiger partial charge in [0.25, 0.3) is 0 Å². The zero-order chi connectivity index (χ0) is 47.8. The molecule has 0 aliphatic heterocycles. The number of aromatic nitrogens is 2. The van der Waals surface area contributed by atoms with E-state index in [2.05, 4.69) is 215 Å². The summed E-state index contributed by atoms with van der Waals surface area (Å²) in [5.74, 6) is 0. The fraction of sp³-hybridized carbons (Fsp3) is 0.125. The average molecular weight is 905 g/mol. The van der Waals surface area contributed by atoms with Crippen molar-refractivity contribution in [2.75, 3.05) is 9.80 Å². The lowest BCUT2D eigenvalue weighted by molar-refractivity contribution is 0.595.